The molecule has 0 aromatic heterocycles. The second kappa shape index (κ2) is 5.10. The van der Waals surface area contributed by atoms with E-state index in [2.05, 4.69) is 21.2 Å². The van der Waals surface area contributed by atoms with Crippen molar-refractivity contribution in [3.05, 3.63) is 34.3 Å². The Kier molecular flexibility index (Phi) is 3.71. The van der Waals surface area contributed by atoms with Gasteiger partial charge in [-0.3, -0.25) is 9.59 Å². The number of nitrogens with one attached hydrogen (secondary N) is 1. The predicted octanol–water partition coefficient (Wildman–Crippen LogP) is 2.07. The molecule has 5 heteroatoms. The maximum absolute atomic E-state index is 12.2. The molecule has 2 rings (SSSR count). The first kappa shape index (κ1) is 13.1. The highest BCUT2D eigenvalue weighted by atomic mass is 79.9. The second-order valence-corrected chi connectivity index (χ2v) is 5.43. The Morgan fingerprint density at radius 3 is 2.33 bits per heavy atom. The molecular formula is C13H14BrNO3. The standard InChI is InChI=1S/C13H14BrNO3/c14-10-4-2-9(3-5-10)13(6-1-7-13)12(18)15-8-11(16)17/h2-5H,1,6-8H2,(H,15,18)(H,16,17). The summed E-state index contributed by atoms with van der Waals surface area (Å²) in [7, 11) is 0. The van der Waals surface area contributed by atoms with E-state index in [0.717, 1.165) is 29.3 Å². The minimum atomic E-state index is -1.02. The fourth-order valence-corrected chi connectivity index (χ4v) is 2.54. The van der Waals surface area contributed by atoms with Crippen LogP contribution in [0.5, 0.6) is 0 Å². The minimum absolute atomic E-state index is 0.182. The molecule has 1 saturated carbocycles. The molecule has 4 nitrogen and oxygen atoms in total. The van der Waals surface area contributed by atoms with Gasteiger partial charge in [-0.15, -0.1) is 0 Å². The molecule has 0 radical (unpaired) electrons. The summed E-state index contributed by atoms with van der Waals surface area (Å²) in [5, 5.41) is 11.1. The summed E-state index contributed by atoms with van der Waals surface area (Å²) in [6.07, 6.45) is 2.55. The largest absolute Gasteiger partial charge is 0.480 e. The van der Waals surface area contributed by atoms with Gasteiger partial charge in [-0.2, -0.15) is 0 Å². The van der Waals surface area contributed by atoms with E-state index < -0.39 is 11.4 Å². The summed E-state index contributed by atoms with van der Waals surface area (Å²) in [6.45, 7) is -0.322. The number of rotatable bonds is 4. The first-order chi connectivity index (χ1) is 8.54. The van der Waals surface area contributed by atoms with Gasteiger partial charge in [-0.25, -0.2) is 0 Å². The average Bonchev–Trinajstić information content (AvgIpc) is 2.27. The number of hydrogen-bond acceptors (Lipinski definition) is 2. The van der Waals surface area contributed by atoms with Crippen LogP contribution in [-0.2, 0) is 15.0 Å². The van der Waals surface area contributed by atoms with Crippen molar-refractivity contribution in [2.24, 2.45) is 0 Å². The molecule has 0 unspecified atom stereocenters. The number of benzene rings is 1. The number of carbonyl (C=O) groups is 2. The number of amides is 1. The summed E-state index contributed by atoms with van der Waals surface area (Å²) < 4.78 is 0.965. The molecule has 0 atom stereocenters. The normalized spacial score (nSPS) is 16.7. The Balaban J connectivity index is 2.17. The fraction of sp³-hybridized carbons (Fsp3) is 0.385. The summed E-state index contributed by atoms with van der Waals surface area (Å²) in [5.74, 6) is -1.20. The average molecular weight is 312 g/mol. The lowest BCUT2D eigenvalue weighted by molar-refractivity contribution is -0.139. The molecule has 1 amide bonds. The lowest BCUT2D eigenvalue weighted by Crippen LogP contribution is -2.50. The monoisotopic (exact) mass is 311 g/mol. The van der Waals surface area contributed by atoms with Crippen molar-refractivity contribution < 1.29 is 14.7 Å². The Morgan fingerprint density at radius 2 is 1.89 bits per heavy atom. The summed E-state index contributed by atoms with van der Waals surface area (Å²) in [4.78, 5) is 22.6. The molecule has 1 fully saturated rings. The zero-order valence-corrected chi connectivity index (χ0v) is 11.4. The summed E-state index contributed by atoms with van der Waals surface area (Å²) in [6, 6.07) is 7.65. The zero-order valence-electron chi connectivity index (χ0n) is 9.78. The number of carboxylic acid groups (broad SMARTS) is 1. The van der Waals surface area contributed by atoms with Crippen molar-refractivity contribution in [1.29, 1.82) is 0 Å². The molecule has 0 aliphatic heterocycles. The molecule has 1 aromatic carbocycles. The van der Waals surface area contributed by atoms with E-state index in [1.165, 1.54) is 0 Å². The van der Waals surface area contributed by atoms with Gasteiger partial charge in [0, 0.05) is 4.47 Å². The first-order valence-corrected chi connectivity index (χ1v) is 6.60. The molecule has 18 heavy (non-hydrogen) atoms. The van der Waals surface area contributed by atoms with Crippen molar-refractivity contribution in [1.82, 2.24) is 5.32 Å². The van der Waals surface area contributed by atoms with Gasteiger partial charge < -0.3 is 10.4 Å². The van der Waals surface area contributed by atoms with Crippen LogP contribution in [0, 0.1) is 0 Å². The lowest BCUT2D eigenvalue weighted by atomic mass is 9.64. The molecular weight excluding hydrogens is 298 g/mol. The van der Waals surface area contributed by atoms with Gasteiger partial charge in [0.2, 0.25) is 5.91 Å². The lowest BCUT2D eigenvalue weighted by Gasteiger charge is -2.40. The molecule has 0 spiro atoms. The number of hydrogen-bond donors (Lipinski definition) is 2. The molecule has 1 aromatic rings. The first-order valence-electron chi connectivity index (χ1n) is 5.81. The molecule has 1 aliphatic carbocycles. The second-order valence-electron chi connectivity index (χ2n) is 4.52. The molecule has 1 aliphatic rings. The highest BCUT2D eigenvalue weighted by molar-refractivity contribution is 9.10. The number of aliphatic carboxylic acids is 1. The molecule has 0 heterocycles. The van der Waals surface area contributed by atoms with Crippen LogP contribution < -0.4 is 5.32 Å². The zero-order chi connectivity index (χ0) is 13.2. The third-order valence-corrected chi connectivity index (χ3v) is 3.97. The van der Waals surface area contributed by atoms with Gasteiger partial charge in [0.05, 0.1) is 5.41 Å². The Labute approximate surface area is 114 Å². The van der Waals surface area contributed by atoms with E-state index in [4.69, 9.17) is 5.11 Å². The van der Waals surface area contributed by atoms with Crippen LogP contribution >= 0.6 is 15.9 Å². The quantitative estimate of drug-likeness (QED) is 0.894. The molecule has 0 saturated heterocycles. The van der Waals surface area contributed by atoms with Crippen molar-refractivity contribution in [2.75, 3.05) is 6.54 Å². The summed E-state index contributed by atoms with van der Waals surface area (Å²) in [5.41, 5.74) is 0.427. The highest BCUT2D eigenvalue weighted by Gasteiger charge is 2.45. The smallest absolute Gasteiger partial charge is 0.322 e. The van der Waals surface area contributed by atoms with Crippen LogP contribution in [0.1, 0.15) is 24.8 Å². The van der Waals surface area contributed by atoms with Crippen LogP contribution in [0.15, 0.2) is 28.7 Å². The van der Waals surface area contributed by atoms with E-state index in [1.54, 1.807) is 0 Å². The van der Waals surface area contributed by atoms with Crippen LogP contribution in [-0.4, -0.2) is 23.5 Å². The van der Waals surface area contributed by atoms with Crippen molar-refractivity contribution in [2.45, 2.75) is 24.7 Å². The van der Waals surface area contributed by atoms with E-state index >= 15 is 0 Å². The van der Waals surface area contributed by atoms with Gasteiger partial charge >= 0.3 is 5.97 Å². The maximum Gasteiger partial charge on any atom is 0.322 e. The van der Waals surface area contributed by atoms with Crippen molar-refractivity contribution in [3.63, 3.8) is 0 Å². The van der Waals surface area contributed by atoms with Gasteiger partial charge in [-0.1, -0.05) is 34.5 Å². The molecule has 0 bridgehead atoms. The highest BCUT2D eigenvalue weighted by Crippen LogP contribution is 2.44. The van der Waals surface area contributed by atoms with Crippen molar-refractivity contribution in [3.8, 4) is 0 Å². The predicted molar refractivity (Wildman–Crippen MR) is 70.3 cm³/mol. The van der Waals surface area contributed by atoms with Crippen LogP contribution in [0.3, 0.4) is 0 Å². The minimum Gasteiger partial charge on any atom is -0.480 e. The van der Waals surface area contributed by atoms with Crippen molar-refractivity contribution >= 4 is 27.8 Å². The van der Waals surface area contributed by atoms with Crippen LogP contribution in [0.25, 0.3) is 0 Å². The third-order valence-electron chi connectivity index (χ3n) is 3.44. The fourth-order valence-electron chi connectivity index (χ4n) is 2.27. The van der Waals surface area contributed by atoms with Gasteiger partial charge in [0.25, 0.3) is 0 Å². The Morgan fingerprint density at radius 1 is 1.28 bits per heavy atom. The molecule has 96 valence electrons. The van der Waals surface area contributed by atoms with E-state index in [-0.39, 0.29) is 12.5 Å². The van der Waals surface area contributed by atoms with E-state index in [0.29, 0.717) is 0 Å². The number of halogens is 1. The maximum atomic E-state index is 12.2. The Hall–Kier alpha value is -1.36. The van der Waals surface area contributed by atoms with Crippen LogP contribution in [0.4, 0.5) is 0 Å². The topological polar surface area (TPSA) is 66.4 Å². The number of carbonyl (C=O) groups excluding carboxylic acids is 1. The van der Waals surface area contributed by atoms with Gasteiger partial charge in [0.15, 0.2) is 0 Å². The van der Waals surface area contributed by atoms with Crippen LogP contribution in [0.2, 0.25) is 0 Å². The third kappa shape index (κ3) is 2.41. The van der Waals surface area contributed by atoms with E-state index in [9.17, 15) is 9.59 Å². The number of carboxylic acids is 1. The van der Waals surface area contributed by atoms with Gasteiger partial charge in [-0.05, 0) is 30.5 Å². The SMILES string of the molecule is O=C(O)CNC(=O)C1(c2ccc(Br)cc2)CCC1. The summed E-state index contributed by atoms with van der Waals surface area (Å²) >= 11 is 3.36. The molecule has 2 N–H and O–H groups in total. The van der Waals surface area contributed by atoms with Gasteiger partial charge in [0.1, 0.15) is 6.54 Å². The Bertz CT molecular complexity index is 466. The van der Waals surface area contributed by atoms with E-state index in [1.807, 2.05) is 24.3 Å².